The SMILES string of the molecule is CCOc1ccc(C(=O)Nc2cc(Br)c(O)c(Br)c2)cc1Br. The molecule has 0 aliphatic carbocycles. The molecule has 0 saturated carbocycles. The zero-order chi connectivity index (χ0) is 16.3. The molecule has 0 atom stereocenters. The van der Waals surface area contributed by atoms with Gasteiger partial charge >= 0.3 is 0 Å². The van der Waals surface area contributed by atoms with Gasteiger partial charge in [-0.05, 0) is 85.0 Å². The van der Waals surface area contributed by atoms with E-state index in [-0.39, 0.29) is 11.7 Å². The molecule has 0 aromatic heterocycles. The zero-order valence-electron chi connectivity index (χ0n) is 11.5. The summed E-state index contributed by atoms with van der Waals surface area (Å²) in [5.41, 5.74) is 1.06. The Balaban J connectivity index is 2.21. The molecule has 0 spiro atoms. The van der Waals surface area contributed by atoms with Crippen molar-refractivity contribution in [3.63, 3.8) is 0 Å². The molecule has 1 amide bonds. The van der Waals surface area contributed by atoms with Crippen molar-refractivity contribution in [3.05, 3.63) is 49.3 Å². The molecule has 2 aromatic rings. The first-order chi connectivity index (χ1) is 10.4. The Labute approximate surface area is 153 Å². The fraction of sp³-hybridized carbons (Fsp3) is 0.133. The molecule has 0 aliphatic rings. The lowest BCUT2D eigenvalue weighted by Crippen LogP contribution is -2.12. The number of phenols is 1. The molecule has 0 saturated heterocycles. The summed E-state index contributed by atoms with van der Waals surface area (Å²) in [5, 5.41) is 12.4. The molecule has 0 bridgehead atoms. The molecule has 2 rings (SSSR count). The Kier molecular flexibility index (Phi) is 5.88. The average molecular weight is 494 g/mol. The highest BCUT2D eigenvalue weighted by atomic mass is 79.9. The van der Waals surface area contributed by atoms with Gasteiger partial charge in [0.1, 0.15) is 11.5 Å². The summed E-state index contributed by atoms with van der Waals surface area (Å²) < 4.78 is 7.11. The lowest BCUT2D eigenvalue weighted by molar-refractivity contribution is 0.102. The third-order valence-electron chi connectivity index (χ3n) is 2.77. The number of ether oxygens (including phenoxy) is 1. The number of aromatic hydroxyl groups is 1. The van der Waals surface area contributed by atoms with Crippen LogP contribution in [0.1, 0.15) is 17.3 Å². The molecule has 7 heteroatoms. The molecule has 116 valence electrons. The van der Waals surface area contributed by atoms with Crippen molar-refractivity contribution in [2.75, 3.05) is 11.9 Å². The quantitative estimate of drug-likeness (QED) is 0.566. The van der Waals surface area contributed by atoms with Crippen LogP contribution in [0.3, 0.4) is 0 Å². The van der Waals surface area contributed by atoms with Crippen molar-refractivity contribution >= 4 is 59.4 Å². The number of halogens is 3. The van der Waals surface area contributed by atoms with Crippen LogP contribution in [0.5, 0.6) is 11.5 Å². The average Bonchev–Trinajstić information content (AvgIpc) is 2.47. The molecule has 2 N–H and O–H groups in total. The van der Waals surface area contributed by atoms with Crippen LogP contribution in [0.25, 0.3) is 0 Å². The number of nitrogens with one attached hydrogen (secondary N) is 1. The minimum Gasteiger partial charge on any atom is -0.506 e. The maximum atomic E-state index is 12.3. The van der Waals surface area contributed by atoms with Gasteiger partial charge in [0.05, 0.1) is 20.0 Å². The topological polar surface area (TPSA) is 58.6 Å². The molecule has 0 unspecified atom stereocenters. The van der Waals surface area contributed by atoms with Crippen LogP contribution >= 0.6 is 47.8 Å². The molecule has 0 heterocycles. The lowest BCUT2D eigenvalue weighted by atomic mass is 10.2. The van der Waals surface area contributed by atoms with Gasteiger partial charge in [-0.15, -0.1) is 0 Å². The summed E-state index contributed by atoms with van der Waals surface area (Å²) in [7, 11) is 0. The van der Waals surface area contributed by atoms with E-state index in [1.807, 2.05) is 6.92 Å². The second-order valence-corrected chi connectivity index (χ2v) is 6.88. The predicted molar refractivity (Wildman–Crippen MR) is 96.8 cm³/mol. The highest BCUT2D eigenvalue weighted by molar-refractivity contribution is 9.11. The van der Waals surface area contributed by atoms with Crippen molar-refractivity contribution < 1.29 is 14.6 Å². The number of hydrogen-bond donors (Lipinski definition) is 2. The summed E-state index contributed by atoms with van der Waals surface area (Å²) in [6.45, 7) is 2.45. The summed E-state index contributed by atoms with van der Waals surface area (Å²) >= 11 is 9.83. The van der Waals surface area contributed by atoms with Crippen molar-refractivity contribution in [3.8, 4) is 11.5 Å². The minimum atomic E-state index is -0.256. The van der Waals surface area contributed by atoms with Gasteiger partial charge in [-0.2, -0.15) is 0 Å². The number of anilines is 1. The summed E-state index contributed by atoms with van der Waals surface area (Å²) in [6, 6.07) is 8.38. The highest BCUT2D eigenvalue weighted by Gasteiger charge is 2.12. The van der Waals surface area contributed by atoms with Crippen molar-refractivity contribution in [2.24, 2.45) is 0 Å². The van der Waals surface area contributed by atoms with Gasteiger partial charge in [-0.1, -0.05) is 0 Å². The summed E-state index contributed by atoms with van der Waals surface area (Å²) in [5.74, 6) is 0.518. The van der Waals surface area contributed by atoms with E-state index in [9.17, 15) is 9.90 Å². The summed E-state index contributed by atoms with van der Waals surface area (Å²) in [4.78, 5) is 12.3. The first-order valence-electron chi connectivity index (χ1n) is 6.34. The fourth-order valence-electron chi connectivity index (χ4n) is 1.76. The first kappa shape index (κ1) is 17.3. The van der Waals surface area contributed by atoms with E-state index in [4.69, 9.17) is 4.74 Å². The largest absolute Gasteiger partial charge is 0.506 e. The number of phenolic OH excluding ortho intramolecular Hbond substituents is 1. The first-order valence-corrected chi connectivity index (χ1v) is 8.72. The van der Waals surface area contributed by atoms with Crippen molar-refractivity contribution in [1.29, 1.82) is 0 Å². The van der Waals surface area contributed by atoms with Crippen LogP contribution in [0.2, 0.25) is 0 Å². The second kappa shape index (κ2) is 7.48. The number of hydrogen-bond acceptors (Lipinski definition) is 3. The van der Waals surface area contributed by atoms with E-state index in [1.54, 1.807) is 30.3 Å². The second-order valence-electron chi connectivity index (χ2n) is 4.32. The van der Waals surface area contributed by atoms with Crippen molar-refractivity contribution in [2.45, 2.75) is 6.92 Å². The smallest absolute Gasteiger partial charge is 0.255 e. The molecule has 22 heavy (non-hydrogen) atoms. The van der Waals surface area contributed by atoms with E-state index in [0.29, 0.717) is 32.6 Å². The van der Waals surface area contributed by atoms with Gasteiger partial charge in [0.2, 0.25) is 0 Å². The zero-order valence-corrected chi connectivity index (χ0v) is 16.2. The molecule has 0 radical (unpaired) electrons. The normalized spacial score (nSPS) is 10.4. The standard InChI is InChI=1S/C15H12Br3NO3/c1-2-22-13-4-3-8(5-10(13)16)15(21)19-9-6-11(17)14(20)12(18)7-9/h3-7,20H,2H2,1H3,(H,19,21). The fourth-order valence-corrected chi connectivity index (χ4v) is 3.44. The number of benzene rings is 2. The Hall–Kier alpha value is -1.05. The van der Waals surface area contributed by atoms with E-state index < -0.39 is 0 Å². The maximum Gasteiger partial charge on any atom is 0.255 e. The Bertz CT molecular complexity index is 696. The lowest BCUT2D eigenvalue weighted by Gasteiger charge is -2.10. The van der Waals surface area contributed by atoms with E-state index in [0.717, 1.165) is 4.47 Å². The van der Waals surface area contributed by atoms with Crippen LogP contribution in [0.4, 0.5) is 5.69 Å². The Morgan fingerprint density at radius 1 is 1.14 bits per heavy atom. The molecular formula is C15H12Br3NO3. The Morgan fingerprint density at radius 3 is 2.32 bits per heavy atom. The van der Waals surface area contributed by atoms with E-state index in [2.05, 4.69) is 53.1 Å². The number of amides is 1. The molecule has 4 nitrogen and oxygen atoms in total. The van der Waals surface area contributed by atoms with Gasteiger partial charge in [-0.3, -0.25) is 4.79 Å². The third kappa shape index (κ3) is 4.02. The highest BCUT2D eigenvalue weighted by Crippen LogP contribution is 2.35. The van der Waals surface area contributed by atoms with Gasteiger partial charge in [0.25, 0.3) is 5.91 Å². The maximum absolute atomic E-state index is 12.3. The van der Waals surface area contributed by atoms with Gasteiger partial charge in [0, 0.05) is 11.3 Å². The summed E-state index contributed by atoms with van der Waals surface area (Å²) in [6.07, 6.45) is 0. The van der Waals surface area contributed by atoms with Gasteiger partial charge < -0.3 is 15.2 Å². The number of carbonyl (C=O) groups excluding carboxylic acids is 1. The molecule has 0 fully saturated rings. The molecule has 0 aliphatic heterocycles. The minimum absolute atomic E-state index is 0.0850. The Morgan fingerprint density at radius 2 is 1.77 bits per heavy atom. The van der Waals surface area contributed by atoms with Gasteiger partial charge in [0.15, 0.2) is 0 Å². The third-order valence-corrected chi connectivity index (χ3v) is 4.60. The van der Waals surface area contributed by atoms with Gasteiger partial charge in [-0.25, -0.2) is 0 Å². The van der Waals surface area contributed by atoms with Crippen LogP contribution in [-0.4, -0.2) is 17.6 Å². The van der Waals surface area contributed by atoms with Crippen LogP contribution in [0.15, 0.2) is 43.7 Å². The molecule has 2 aromatic carbocycles. The van der Waals surface area contributed by atoms with Crippen molar-refractivity contribution in [1.82, 2.24) is 0 Å². The molecular weight excluding hydrogens is 482 g/mol. The van der Waals surface area contributed by atoms with Crippen LogP contribution in [0, 0.1) is 0 Å². The number of carbonyl (C=O) groups is 1. The van der Waals surface area contributed by atoms with E-state index >= 15 is 0 Å². The van der Waals surface area contributed by atoms with E-state index in [1.165, 1.54) is 0 Å². The number of rotatable bonds is 4. The monoisotopic (exact) mass is 491 g/mol. The van der Waals surface area contributed by atoms with Crippen LogP contribution in [-0.2, 0) is 0 Å². The predicted octanol–water partition coefficient (Wildman–Crippen LogP) is 5.33. The van der Waals surface area contributed by atoms with Crippen LogP contribution < -0.4 is 10.1 Å².